The average Bonchev–Trinajstić information content (AvgIpc) is 2.38. The third-order valence-electron chi connectivity index (χ3n) is 4.34. The largest absolute Gasteiger partial charge is 0.380 e. The van der Waals surface area contributed by atoms with Crippen LogP contribution in [0.15, 0.2) is 0 Å². The highest BCUT2D eigenvalue weighted by atomic mass is 16.5. The monoisotopic (exact) mass is 226 g/mol. The van der Waals surface area contributed by atoms with E-state index in [4.69, 9.17) is 10.5 Å². The minimum Gasteiger partial charge on any atom is -0.380 e. The van der Waals surface area contributed by atoms with Gasteiger partial charge in [0.1, 0.15) is 0 Å². The van der Waals surface area contributed by atoms with E-state index in [1.807, 2.05) is 7.11 Å². The summed E-state index contributed by atoms with van der Waals surface area (Å²) in [4.78, 5) is 2.65. The molecule has 0 aromatic rings. The Labute approximate surface area is 99.3 Å². The van der Waals surface area contributed by atoms with E-state index in [1.165, 1.54) is 51.5 Å². The normalized spacial score (nSPS) is 37.5. The van der Waals surface area contributed by atoms with Crippen molar-refractivity contribution in [3.63, 3.8) is 0 Å². The molecular weight excluding hydrogens is 200 g/mol. The smallest absolute Gasteiger partial charge is 0.0726 e. The summed E-state index contributed by atoms with van der Waals surface area (Å²) in [5.74, 6) is 0. The van der Waals surface area contributed by atoms with Crippen molar-refractivity contribution in [2.45, 2.75) is 63.1 Å². The van der Waals surface area contributed by atoms with Crippen molar-refractivity contribution < 1.29 is 4.74 Å². The average molecular weight is 226 g/mol. The Kier molecular flexibility index (Phi) is 4.62. The second kappa shape index (κ2) is 5.99. The summed E-state index contributed by atoms with van der Waals surface area (Å²) in [6.45, 7) is 2.04. The zero-order chi connectivity index (χ0) is 11.4. The molecule has 2 rings (SSSR count). The number of methoxy groups -OCH3 is 1. The minimum atomic E-state index is 0.445. The third kappa shape index (κ3) is 2.58. The van der Waals surface area contributed by atoms with Crippen molar-refractivity contribution in [3.05, 3.63) is 0 Å². The Balaban J connectivity index is 2.01. The van der Waals surface area contributed by atoms with Crippen molar-refractivity contribution in [2.24, 2.45) is 5.73 Å². The summed E-state index contributed by atoms with van der Waals surface area (Å²) in [5, 5.41) is 0. The third-order valence-corrected chi connectivity index (χ3v) is 4.34. The highest BCUT2D eigenvalue weighted by Crippen LogP contribution is 2.29. The van der Waals surface area contributed by atoms with E-state index in [-0.39, 0.29) is 0 Å². The van der Waals surface area contributed by atoms with E-state index in [9.17, 15) is 0 Å². The summed E-state index contributed by atoms with van der Waals surface area (Å²) in [7, 11) is 1.87. The first-order valence-electron chi connectivity index (χ1n) is 6.85. The van der Waals surface area contributed by atoms with Gasteiger partial charge in [0, 0.05) is 25.7 Å². The van der Waals surface area contributed by atoms with E-state index in [0.717, 1.165) is 6.54 Å². The van der Waals surface area contributed by atoms with Crippen LogP contribution in [0.25, 0.3) is 0 Å². The molecule has 94 valence electrons. The molecule has 16 heavy (non-hydrogen) atoms. The predicted molar refractivity (Wildman–Crippen MR) is 66.5 cm³/mol. The molecule has 1 aliphatic carbocycles. The van der Waals surface area contributed by atoms with Crippen molar-refractivity contribution in [1.29, 1.82) is 0 Å². The Hall–Kier alpha value is -0.120. The zero-order valence-electron chi connectivity index (χ0n) is 10.5. The van der Waals surface area contributed by atoms with Crippen LogP contribution in [0.2, 0.25) is 0 Å². The van der Waals surface area contributed by atoms with Gasteiger partial charge in [-0.3, -0.25) is 4.90 Å². The number of ether oxygens (including phenoxy) is 1. The van der Waals surface area contributed by atoms with Crippen LogP contribution in [0.5, 0.6) is 0 Å². The van der Waals surface area contributed by atoms with Gasteiger partial charge in [-0.2, -0.15) is 0 Å². The molecule has 2 fully saturated rings. The highest BCUT2D eigenvalue weighted by Gasteiger charge is 2.34. The maximum atomic E-state index is 5.90. The van der Waals surface area contributed by atoms with Gasteiger partial charge in [-0.15, -0.1) is 0 Å². The molecule has 3 unspecified atom stereocenters. The lowest BCUT2D eigenvalue weighted by atomic mass is 9.88. The lowest BCUT2D eigenvalue weighted by molar-refractivity contribution is -0.0353. The molecule has 3 heteroatoms. The standard InChI is InChI=1S/C13H26N2O/c1-16-13-8-3-2-7-12(13)15-9-5-4-6-11(15)10-14/h11-13H,2-10,14H2,1H3. The molecule has 1 aliphatic heterocycles. The van der Waals surface area contributed by atoms with Crippen LogP contribution >= 0.6 is 0 Å². The number of nitrogens with zero attached hydrogens (tertiary/aromatic N) is 1. The van der Waals surface area contributed by atoms with E-state index in [2.05, 4.69) is 4.90 Å². The second-order valence-corrected chi connectivity index (χ2v) is 5.25. The summed E-state index contributed by atoms with van der Waals surface area (Å²) >= 11 is 0. The first-order chi connectivity index (χ1) is 7.86. The van der Waals surface area contributed by atoms with Crippen LogP contribution in [0.1, 0.15) is 44.9 Å². The molecule has 1 saturated carbocycles. The first-order valence-corrected chi connectivity index (χ1v) is 6.85. The van der Waals surface area contributed by atoms with Crippen LogP contribution < -0.4 is 5.73 Å². The van der Waals surface area contributed by atoms with E-state index in [1.54, 1.807) is 0 Å². The molecule has 1 saturated heterocycles. The van der Waals surface area contributed by atoms with Crippen molar-refractivity contribution in [3.8, 4) is 0 Å². The van der Waals surface area contributed by atoms with Gasteiger partial charge in [-0.05, 0) is 32.2 Å². The highest BCUT2D eigenvalue weighted by molar-refractivity contribution is 4.90. The van der Waals surface area contributed by atoms with Gasteiger partial charge in [0.25, 0.3) is 0 Å². The molecule has 2 N–H and O–H groups in total. The van der Waals surface area contributed by atoms with E-state index >= 15 is 0 Å². The van der Waals surface area contributed by atoms with E-state index in [0.29, 0.717) is 18.2 Å². The maximum Gasteiger partial charge on any atom is 0.0726 e. The number of rotatable bonds is 3. The molecule has 3 atom stereocenters. The second-order valence-electron chi connectivity index (χ2n) is 5.25. The van der Waals surface area contributed by atoms with Crippen molar-refractivity contribution in [1.82, 2.24) is 4.90 Å². The predicted octanol–water partition coefficient (Wildman–Crippen LogP) is 1.76. The Morgan fingerprint density at radius 1 is 1.12 bits per heavy atom. The van der Waals surface area contributed by atoms with Crippen LogP contribution in [-0.2, 0) is 4.74 Å². The Morgan fingerprint density at radius 2 is 1.88 bits per heavy atom. The van der Waals surface area contributed by atoms with Gasteiger partial charge in [-0.1, -0.05) is 19.3 Å². The molecule has 0 aromatic heterocycles. The molecule has 3 nitrogen and oxygen atoms in total. The van der Waals surface area contributed by atoms with Crippen molar-refractivity contribution >= 4 is 0 Å². The van der Waals surface area contributed by atoms with Crippen LogP contribution in [-0.4, -0.2) is 43.3 Å². The van der Waals surface area contributed by atoms with Gasteiger partial charge in [0.05, 0.1) is 6.10 Å². The van der Waals surface area contributed by atoms with Crippen LogP contribution in [0, 0.1) is 0 Å². The summed E-state index contributed by atoms with van der Waals surface area (Å²) in [6.07, 6.45) is 9.63. The van der Waals surface area contributed by atoms with Gasteiger partial charge in [0.2, 0.25) is 0 Å². The summed E-state index contributed by atoms with van der Waals surface area (Å²) in [5.41, 5.74) is 5.90. The number of piperidine rings is 1. The topological polar surface area (TPSA) is 38.5 Å². The molecule has 0 aromatic carbocycles. The number of hydrogen-bond donors (Lipinski definition) is 1. The molecular formula is C13H26N2O. The SMILES string of the molecule is COC1CCCCC1N1CCCCC1CN. The molecule has 1 heterocycles. The Morgan fingerprint density at radius 3 is 2.62 bits per heavy atom. The molecule has 0 spiro atoms. The van der Waals surface area contributed by atoms with Gasteiger partial charge in [-0.25, -0.2) is 0 Å². The quantitative estimate of drug-likeness (QED) is 0.797. The maximum absolute atomic E-state index is 5.90. The summed E-state index contributed by atoms with van der Waals surface area (Å²) < 4.78 is 5.67. The lowest BCUT2D eigenvalue weighted by Gasteiger charge is -2.45. The van der Waals surface area contributed by atoms with Crippen LogP contribution in [0.3, 0.4) is 0 Å². The fourth-order valence-corrected chi connectivity index (χ4v) is 3.44. The number of nitrogens with two attached hydrogens (primary N) is 1. The molecule has 0 radical (unpaired) electrons. The lowest BCUT2D eigenvalue weighted by Crippen LogP contribution is -2.55. The molecule has 0 amide bonds. The zero-order valence-corrected chi connectivity index (χ0v) is 10.5. The fourth-order valence-electron chi connectivity index (χ4n) is 3.44. The number of hydrogen-bond acceptors (Lipinski definition) is 3. The molecule has 0 bridgehead atoms. The van der Waals surface area contributed by atoms with Crippen molar-refractivity contribution in [2.75, 3.05) is 20.2 Å². The number of likely N-dealkylation sites (tertiary alicyclic amines) is 1. The Bertz CT molecular complexity index is 188. The molecule has 2 aliphatic rings. The van der Waals surface area contributed by atoms with Gasteiger partial charge < -0.3 is 10.5 Å². The van der Waals surface area contributed by atoms with Crippen LogP contribution in [0.4, 0.5) is 0 Å². The van der Waals surface area contributed by atoms with E-state index < -0.39 is 0 Å². The fraction of sp³-hybridized carbons (Fsp3) is 1.00. The van der Waals surface area contributed by atoms with Gasteiger partial charge >= 0.3 is 0 Å². The first kappa shape index (κ1) is 12.3. The minimum absolute atomic E-state index is 0.445. The van der Waals surface area contributed by atoms with Gasteiger partial charge in [0.15, 0.2) is 0 Å². The summed E-state index contributed by atoms with van der Waals surface area (Å²) in [6, 6.07) is 1.24.